The van der Waals surface area contributed by atoms with Gasteiger partial charge in [0.25, 0.3) is 0 Å². The second-order valence-corrected chi connectivity index (χ2v) is 5.05. The van der Waals surface area contributed by atoms with Gasteiger partial charge in [-0.05, 0) is 36.2 Å². The second-order valence-electron chi connectivity index (χ2n) is 4.62. The molecule has 0 aliphatic rings. The number of hydrogen-bond acceptors (Lipinski definition) is 2. The third kappa shape index (κ3) is 3.59. The fourth-order valence-electron chi connectivity index (χ4n) is 2.02. The minimum atomic E-state index is -0.901. The minimum absolute atomic E-state index is 0.120. The maximum atomic E-state index is 11.1. The lowest BCUT2D eigenvalue weighted by atomic mass is 10.1. The highest BCUT2D eigenvalue weighted by Crippen LogP contribution is 2.17. The molecular formula is C16H16ClNO2. The first-order valence-corrected chi connectivity index (χ1v) is 6.76. The van der Waals surface area contributed by atoms with Crippen LogP contribution >= 0.6 is 11.6 Å². The number of aromatic carboxylic acids is 1. The van der Waals surface area contributed by atoms with Crippen LogP contribution in [0.15, 0.2) is 48.5 Å². The van der Waals surface area contributed by atoms with Gasteiger partial charge in [0.2, 0.25) is 0 Å². The highest BCUT2D eigenvalue weighted by atomic mass is 35.5. The summed E-state index contributed by atoms with van der Waals surface area (Å²) in [4.78, 5) is 11.1. The van der Waals surface area contributed by atoms with E-state index in [0.717, 1.165) is 11.1 Å². The molecule has 0 aliphatic heterocycles. The number of rotatable bonds is 5. The van der Waals surface area contributed by atoms with Gasteiger partial charge in [0.1, 0.15) is 0 Å². The standard InChI is InChI=1S/C16H16ClNO2/c1-11(12-6-8-14(17)9-7-12)18-10-13-4-2-3-5-15(13)16(19)20/h2-9,11,18H,10H2,1H3,(H,19,20)/t11-/m1/s1. The summed E-state index contributed by atoms with van der Waals surface area (Å²) in [5.74, 6) is -0.901. The summed E-state index contributed by atoms with van der Waals surface area (Å²) in [5.41, 5.74) is 2.23. The van der Waals surface area contributed by atoms with Crippen LogP contribution in [0, 0.1) is 0 Å². The predicted octanol–water partition coefficient (Wildman–Crippen LogP) is 3.89. The zero-order valence-corrected chi connectivity index (χ0v) is 11.9. The van der Waals surface area contributed by atoms with E-state index in [1.165, 1.54) is 0 Å². The van der Waals surface area contributed by atoms with Crippen LogP contribution in [-0.4, -0.2) is 11.1 Å². The summed E-state index contributed by atoms with van der Waals surface area (Å²) in [5, 5.41) is 13.2. The van der Waals surface area contributed by atoms with Crippen LogP contribution in [0.2, 0.25) is 5.02 Å². The lowest BCUT2D eigenvalue weighted by molar-refractivity contribution is 0.0695. The summed E-state index contributed by atoms with van der Waals surface area (Å²) >= 11 is 5.86. The van der Waals surface area contributed by atoms with Crippen molar-refractivity contribution in [1.29, 1.82) is 0 Å². The number of nitrogens with one attached hydrogen (secondary N) is 1. The van der Waals surface area contributed by atoms with E-state index in [1.807, 2.05) is 43.3 Å². The van der Waals surface area contributed by atoms with Gasteiger partial charge in [-0.25, -0.2) is 4.79 Å². The Hall–Kier alpha value is -1.84. The molecule has 2 N–H and O–H groups in total. The van der Waals surface area contributed by atoms with E-state index in [0.29, 0.717) is 17.1 Å². The van der Waals surface area contributed by atoms with Gasteiger partial charge >= 0.3 is 5.97 Å². The third-order valence-corrected chi connectivity index (χ3v) is 3.47. The molecule has 104 valence electrons. The summed E-state index contributed by atoms with van der Waals surface area (Å²) < 4.78 is 0. The van der Waals surface area contributed by atoms with Crippen molar-refractivity contribution in [3.63, 3.8) is 0 Å². The van der Waals surface area contributed by atoms with E-state index in [1.54, 1.807) is 12.1 Å². The maximum Gasteiger partial charge on any atom is 0.336 e. The second kappa shape index (κ2) is 6.55. The smallest absolute Gasteiger partial charge is 0.336 e. The number of halogens is 1. The van der Waals surface area contributed by atoms with Gasteiger partial charge in [-0.3, -0.25) is 0 Å². The first-order chi connectivity index (χ1) is 9.58. The van der Waals surface area contributed by atoms with Crippen molar-refractivity contribution >= 4 is 17.6 Å². The van der Waals surface area contributed by atoms with E-state index in [9.17, 15) is 4.79 Å². The topological polar surface area (TPSA) is 49.3 Å². The van der Waals surface area contributed by atoms with Crippen molar-refractivity contribution in [1.82, 2.24) is 5.32 Å². The molecule has 0 bridgehead atoms. The fourth-order valence-corrected chi connectivity index (χ4v) is 2.14. The first kappa shape index (κ1) is 14.6. The van der Waals surface area contributed by atoms with E-state index in [2.05, 4.69) is 5.32 Å². The van der Waals surface area contributed by atoms with Crippen LogP contribution in [0.1, 0.15) is 34.5 Å². The quantitative estimate of drug-likeness (QED) is 0.878. The molecule has 0 unspecified atom stereocenters. The zero-order chi connectivity index (χ0) is 14.5. The Morgan fingerprint density at radius 1 is 1.20 bits per heavy atom. The molecule has 2 aromatic carbocycles. The molecule has 0 amide bonds. The van der Waals surface area contributed by atoms with Crippen molar-refractivity contribution in [2.75, 3.05) is 0 Å². The lowest BCUT2D eigenvalue weighted by Crippen LogP contribution is -2.19. The molecule has 0 radical (unpaired) electrons. The molecule has 3 nitrogen and oxygen atoms in total. The number of hydrogen-bond donors (Lipinski definition) is 2. The van der Waals surface area contributed by atoms with Gasteiger partial charge in [-0.15, -0.1) is 0 Å². The van der Waals surface area contributed by atoms with Crippen molar-refractivity contribution in [2.45, 2.75) is 19.5 Å². The highest BCUT2D eigenvalue weighted by molar-refractivity contribution is 6.30. The van der Waals surface area contributed by atoms with Crippen LogP contribution in [0.25, 0.3) is 0 Å². The van der Waals surface area contributed by atoms with E-state index >= 15 is 0 Å². The van der Waals surface area contributed by atoms with Crippen LogP contribution in [0.3, 0.4) is 0 Å². The Morgan fingerprint density at radius 3 is 2.50 bits per heavy atom. The Balaban J connectivity index is 2.05. The number of carboxylic acid groups (broad SMARTS) is 1. The van der Waals surface area contributed by atoms with Crippen molar-refractivity contribution < 1.29 is 9.90 Å². The molecule has 0 fully saturated rings. The van der Waals surface area contributed by atoms with E-state index in [4.69, 9.17) is 16.7 Å². The fraction of sp³-hybridized carbons (Fsp3) is 0.188. The maximum absolute atomic E-state index is 11.1. The summed E-state index contributed by atoms with van der Waals surface area (Å²) in [7, 11) is 0. The van der Waals surface area contributed by atoms with Crippen molar-refractivity contribution in [2.24, 2.45) is 0 Å². The average molecular weight is 290 g/mol. The molecule has 0 heterocycles. The summed E-state index contributed by atoms with van der Waals surface area (Å²) in [6.07, 6.45) is 0. The first-order valence-electron chi connectivity index (χ1n) is 6.38. The minimum Gasteiger partial charge on any atom is -0.478 e. The van der Waals surface area contributed by atoms with Gasteiger partial charge in [0.05, 0.1) is 5.56 Å². The van der Waals surface area contributed by atoms with Crippen molar-refractivity contribution in [3.05, 3.63) is 70.2 Å². The number of carboxylic acids is 1. The van der Waals surface area contributed by atoms with Gasteiger partial charge < -0.3 is 10.4 Å². The summed E-state index contributed by atoms with van der Waals surface area (Å²) in [6.45, 7) is 2.54. The average Bonchev–Trinajstić information content (AvgIpc) is 2.45. The predicted molar refractivity (Wildman–Crippen MR) is 80.1 cm³/mol. The van der Waals surface area contributed by atoms with E-state index in [-0.39, 0.29) is 6.04 Å². The third-order valence-electron chi connectivity index (χ3n) is 3.22. The molecule has 4 heteroatoms. The van der Waals surface area contributed by atoms with Crippen LogP contribution < -0.4 is 5.32 Å². The monoisotopic (exact) mass is 289 g/mol. The molecule has 0 saturated heterocycles. The molecule has 2 rings (SSSR count). The molecule has 1 atom stereocenters. The highest BCUT2D eigenvalue weighted by Gasteiger charge is 2.10. The Bertz CT molecular complexity index is 596. The van der Waals surface area contributed by atoms with Gasteiger partial charge in [-0.1, -0.05) is 41.9 Å². The zero-order valence-electron chi connectivity index (χ0n) is 11.1. The van der Waals surface area contributed by atoms with E-state index < -0.39 is 5.97 Å². The van der Waals surface area contributed by atoms with Gasteiger partial charge in [0, 0.05) is 17.6 Å². The molecule has 0 aromatic heterocycles. The van der Waals surface area contributed by atoms with Gasteiger partial charge in [-0.2, -0.15) is 0 Å². The largest absolute Gasteiger partial charge is 0.478 e. The Morgan fingerprint density at radius 2 is 1.85 bits per heavy atom. The molecule has 0 spiro atoms. The SMILES string of the molecule is C[C@@H](NCc1ccccc1C(=O)O)c1ccc(Cl)cc1. The Kier molecular flexibility index (Phi) is 4.77. The number of carbonyl (C=O) groups is 1. The lowest BCUT2D eigenvalue weighted by Gasteiger charge is -2.15. The van der Waals surface area contributed by atoms with Gasteiger partial charge in [0.15, 0.2) is 0 Å². The molecule has 2 aromatic rings. The van der Waals surface area contributed by atoms with Crippen LogP contribution in [0.5, 0.6) is 0 Å². The van der Waals surface area contributed by atoms with Crippen LogP contribution in [0.4, 0.5) is 0 Å². The molecule has 20 heavy (non-hydrogen) atoms. The van der Waals surface area contributed by atoms with Crippen LogP contribution in [-0.2, 0) is 6.54 Å². The molecule has 0 saturated carbocycles. The van der Waals surface area contributed by atoms with Crippen molar-refractivity contribution in [3.8, 4) is 0 Å². The molecule has 0 aliphatic carbocycles. The normalized spacial score (nSPS) is 12.1. The summed E-state index contributed by atoms with van der Waals surface area (Å²) in [6, 6.07) is 14.8. The number of benzene rings is 2. The molecular weight excluding hydrogens is 274 g/mol. The Labute approximate surface area is 123 Å².